The summed E-state index contributed by atoms with van der Waals surface area (Å²) in [6.45, 7) is 1.92. The van der Waals surface area contributed by atoms with E-state index in [9.17, 15) is 9.59 Å². The molecule has 0 aliphatic carbocycles. The Bertz CT molecular complexity index is 552. The molecule has 1 aliphatic heterocycles. The highest BCUT2D eigenvalue weighted by Crippen LogP contribution is 2.25. The second-order valence-corrected chi connectivity index (χ2v) is 4.25. The first kappa shape index (κ1) is 13.1. The average molecular weight is 261 g/mol. The van der Waals surface area contributed by atoms with Crippen molar-refractivity contribution in [1.29, 1.82) is 0 Å². The fourth-order valence-electron chi connectivity index (χ4n) is 1.75. The minimum atomic E-state index is -0.330. The zero-order valence-electron chi connectivity index (χ0n) is 10.8. The lowest BCUT2D eigenvalue weighted by Crippen LogP contribution is -2.32. The number of nitrogens with zero attached hydrogens (tertiary/aromatic N) is 1. The van der Waals surface area contributed by atoms with Gasteiger partial charge in [-0.15, -0.1) is 0 Å². The molecule has 2 amide bonds. The molecule has 100 valence electrons. The van der Waals surface area contributed by atoms with Crippen LogP contribution in [0.15, 0.2) is 23.3 Å². The van der Waals surface area contributed by atoms with Crippen LogP contribution in [0.3, 0.4) is 0 Å². The number of ether oxygens (including phenoxy) is 1. The number of benzene rings is 1. The highest BCUT2D eigenvalue weighted by molar-refractivity contribution is 6.43. The number of aryl methyl sites for hydroxylation is 1. The number of carbonyl (C=O) groups excluding carboxylic acids is 2. The lowest BCUT2D eigenvalue weighted by Gasteiger charge is -2.14. The van der Waals surface area contributed by atoms with E-state index in [4.69, 9.17) is 4.74 Å². The van der Waals surface area contributed by atoms with Gasteiger partial charge in [0.05, 0.1) is 12.8 Å². The van der Waals surface area contributed by atoms with E-state index in [1.54, 1.807) is 13.2 Å². The zero-order chi connectivity index (χ0) is 13.8. The van der Waals surface area contributed by atoms with Crippen molar-refractivity contribution in [2.24, 2.45) is 5.10 Å². The molecule has 0 spiro atoms. The fraction of sp³-hybridized carbons (Fsp3) is 0.308. The van der Waals surface area contributed by atoms with E-state index < -0.39 is 0 Å². The normalized spacial score (nSPS) is 14.4. The molecule has 0 bridgehead atoms. The molecule has 0 saturated heterocycles. The predicted molar refractivity (Wildman–Crippen MR) is 71.2 cm³/mol. The molecule has 2 rings (SSSR count). The minimum absolute atomic E-state index is 0.176. The molecule has 0 radical (unpaired) electrons. The molecule has 6 heteroatoms. The van der Waals surface area contributed by atoms with E-state index in [2.05, 4.69) is 15.8 Å². The van der Waals surface area contributed by atoms with Crippen LogP contribution in [0.1, 0.15) is 18.4 Å². The Morgan fingerprint density at radius 1 is 1.42 bits per heavy atom. The molecule has 1 aromatic rings. The van der Waals surface area contributed by atoms with Crippen LogP contribution in [-0.4, -0.2) is 24.6 Å². The van der Waals surface area contributed by atoms with Crippen LogP contribution in [0.25, 0.3) is 0 Å². The maximum atomic E-state index is 12.0. The van der Waals surface area contributed by atoms with Crippen molar-refractivity contribution in [3.05, 3.63) is 23.8 Å². The van der Waals surface area contributed by atoms with Gasteiger partial charge < -0.3 is 10.1 Å². The van der Waals surface area contributed by atoms with E-state index in [0.29, 0.717) is 23.6 Å². The monoisotopic (exact) mass is 261 g/mol. The maximum absolute atomic E-state index is 12.0. The number of nitrogens with one attached hydrogen (secondary N) is 2. The molecule has 0 atom stereocenters. The van der Waals surface area contributed by atoms with Crippen molar-refractivity contribution in [3.63, 3.8) is 0 Å². The van der Waals surface area contributed by atoms with Gasteiger partial charge in [-0.25, -0.2) is 5.43 Å². The molecule has 1 heterocycles. The number of rotatable bonds is 3. The first-order valence-corrected chi connectivity index (χ1v) is 5.91. The summed E-state index contributed by atoms with van der Waals surface area (Å²) in [5, 5.41) is 6.49. The molecule has 6 nitrogen and oxygen atoms in total. The van der Waals surface area contributed by atoms with Crippen LogP contribution in [0.4, 0.5) is 5.69 Å². The van der Waals surface area contributed by atoms with E-state index in [1.807, 2.05) is 19.1 Å². The van der Waals surface area contributed by atoms with Gasteiger partial charge in [0, 0.05) is 12.8 Å². The number of carbonyl (C=O) groups is 2. The molecule has 0 fully saturated rings. The Morgan fingerprint density at radius 3 is 2.84 bits per heavy atom. The standard InChI is InChI=1S/C13H15N3O3/c1-8-3-5-11(19-2)10(7-8)14-13(18)9-4-6-12(17)16-15-9/h3,5,7H,4,6H2,1-2H3,(H,14,18)(H,16,17). The Labute approximate surface area is 110 Å². The average Bonchev–Trinajstić information content (AvgIpc) is 2.39. The summed E-state index contributed by atoms with van der Waals surface area (Å²) in [5.41, 5.74) is 4.20. The molecular weight excluding hydrogens is 246 g/mol. The van der Waals surface area contributed by atoms with E-state index >= 15 is 0 Å². The Balaban J connectivity index is 2.15. The largest absolute Gasteiger partial charge is 0.495 e. The van der Waals surface area contributed by atoms with Crippen LogP contribution in [0, 0.1) is 6.92 Å². The molecule has 19 heavy (non-hydrogen) atoms. The van der Waals surface area contributed by atoms with Gasteiger partial charge in [0.1, 0.15) is 11.5 Å². The number of methoxy groups -OCH3 is 1. The minimum Gasteiger partial charge on any atom is -0.495 e. The topological polar surface area (TPSA) is 79.8 Å². The van der Waals surface area contributed by atoms with Crippen molar-refractivity contribution >= 4 is 23.2 Å². The predicted octanol–water partition coefficient (Wildman–Crippen LogP) is 1.21. The molecule has 0 saturated carbocycles. The first-order chi connectivity index (χ1) is 9.10. The van der Waals surface area contributed by atoms with Crippen LogP contribution >= 0.6 is 0 Å². The van der Waals surface area contributed by atoms with Gasteiger partial charge in [-0.1, -0.05) is 6.07 Å². The lowest BCUT2D eigenvalue weighted by molar-refractivity contribution is -0.121. The molecule has 0 unspecified atom stereocenters. The molecule has 0 aromatic heterocycles. The summed E-state index contributed by atoms with van der Waals surface area (Å²) in [4.78, 5) is 23.0. The summed E-state index contributed by atoms with van der Waals surface area (Å²) in [6, 6.07) is 5.50. The lowest BCUT2D eigenvalue weighted by atomic mass is 10.1. The quantitative estimate of drug-likeness (QED) is 0.858. The van der Waals surface area contributed by atoms with Gasteiger partial charge in [-0.05, 0) is 24.6 Å². The van der Waals surface area contributed by atoms with Crippen LogP contribution in [-0.2, 0) is 9.59 Å². The summed E-state index contributed by atoms with van der Waals surface area (Å²) in [6.07, 6.45) is 0.614. The highest BCUT2D eigenvalue weighted by Gasteiger charge is 2.19. The Hall–Kier alpha value is -2.37. The number of hydrogen-bond acceptors (Lipinski definition) is 4. The van der Waals surface area contributed by atoms with Crippen molar-refractivity contribution in [1.82, 2.24) is 5.43 Å². The van der Waals surface area contributed by atoms with Crippen LogP contribution in [0.2, 0.25) is 0 Å². The van der Waals surface area contributed by atoms with Crippen LogP contribution < -0.4 is 15.5 Å². The summed E-state index contributed by atoms with van der Waals surface area (Å²) in [5.74, 6) is 0.0768. The maximum Gasteiger partial charge on any atom is 0.271 e. The summed E-state index contributed by atoms with van der Waals surface area (Å²) >= 11 is 0. The fourth-order valence-corrected chi connectivity index (χ4v) is 1.75. The van der Waals surface area contributed by atoms with Crippen molar-refractivity contribution in [2.45, 2.75) is 19.8 Å². The molecular formula is C13H15N3O3. The zero-order valence-corrected chi connectivity index (χ0v) is 10.8. The van der Waals surface area contributed by atoms with Gasteiger partial charge in [0.15, 0.2) is 0 Å². The van der Waals surface area contributed by atoms with Crippen LogP contribution in [0.5, 0.6) is 5.75 Å². The third-order valence-corrected chi connectivity index (χ3v) is 2.77. The van der Waals surface area contributed by atoms with E-state index in [0.717, 1.165) is 5.56 Å². The smallest absolute Gasteiger partial charge is 0.271 e. The van der Waals surface area contributed by atoms with Crippen molar-refractivity contribution in [3.8, 4) is 5.75 Å². The number of hydrogen-bond donors (Lipinski definition) is 2. The Morgan fingerprint density at radius 2 is 2.21 bits per heavy atom. The molecule has 2 N–H and O–H groups in total. The summed E-state index contributed by atoms with van der Waals surface area (Å²) < 4.78 is 5.18. The number of amides is 2. The highest BCUT2D eigenvalue weighted by atomic mass is 16.5. The van der Waals surface area contributed by atoms with Gasteiger partial charge in [0.25, 0.3) is 5.91 Å². The van der Waals surface area contributed by atoms with Crippen molar-refractivity contribution in [2.75, 3.05) is 12.4 Å². The number of hydrazone groups is 1. The molecule has 1 aromatic carbocycles. The second kappa shape index (κ2) is 5.51. The van der Waals surface area contributed by atoms with Gasteiger partial charge in [0.2, 0.25) is 5.91 Å². The third kappa shape index (κ3) is 3.09. The van der Waals surface area contributed by atoms with E-state index in [1.165, 1.54) is 0 Å². The number of anilines is 1. The molecule has 1 aliphatic rings. The SMILES string of the molecule is COc1ccc(C)cc1NC(=O)C1=NNC(=O)CC1. The van der Waals surface area contributed by atoms with Gasteiger partial charge in [-0.3, -0.25) is 9.59 Å². The summed E-state index contributed by atoms with van der Waals surface area (Å²) in [7, 11) is 1.54. The Kier molecular flexibility index (Phi) is 3.79. The van der Waals surface area contributed by atoms with E-state index in [-0.39, 0.29) is 18.2 Å². The second-order valence-electron chi connectivity index (χ2n) is 4.25. The first-order valence-electron chi connectivity index (χ1n) is 5.91. The van der Waals surface area contributed by atoms with Gasteiger partial charge >= 0.3 is 0 Å². The third-order valence-electron chi connectivity index (χ3n) is 2.77. The van der Waals surface area contributed by atoms with Crippen molar-refractivity contribution < 1.29 is 14.3 Å². The van der Waals surface area contributed by atoms with Gasteiger partial charge in [-0.2, -0.15) is 5.10 Å².